The van der Waals surface area contributed by atoms with E-state index in [9.17, 15) is 5.11 Å². The molecule has 0 aliphatic carbocycles. The van der Waals surface area contributed by atoms with Gasteiger partial charge < -0.3 is 14.9 Å². The monoisotopic (exact) mass is 326 g/mol. The lowest BCUT2D eigenvalue weighted by Crippen LogP contribution is -2.43. The molecule has 1 saturated heterocycles. The summed E-state index contributed by atoms with van der Waals surface area (Å²) in [6.07, 6.45) is 9.47. The van der Waals surface area contributed by atoms with Crippen LogP contribution < -0.4 is 0 Å². The van der Waals surface area contributed by atoms with Gasteiger partial charge in [-0.2, -0.15) is 0 Å². The molecule has 1 aliphatic heterocycles. The molecule has 0 radical (unpaired) electrons. The smallest absolute Gasteiger partial charge is 0.0978 e. The quantitative estimate of drug-likeness (QED) is 0.576. The highest BCUT2D eigenvalue weighted by Gasteiger charge is 2.36. The molecule has 3 nitrogen and oxygen atoms in total. The molecule has 0 unspecified atom stereocenters. The molecule has 1 aliphatic rings. The Morgan fingerprint density at radius 2 is 1.83 bits per heavy atom. The van der Waals surface area contributed by atoms with Crippen LogP contribution in [-0.4, -0.2) is 34.1 Å². The molecular weight excluding hydrogens is 288 g/mol. The molecular formula is C20H38O3. The van der Waals surface area contributed by atoms with Gasteiger partial charge in [0.15, 0.2) is 0 Å². The summed E-state index contributed by atoms with van der Waals surface area (Å²) >= 11 is 0. The van der Waals surface area contributed by atoms with Crippen molar-refractivity contribution in [3.8, 4) is 0 Å². The maximum Gasteiger partial charge on any atom is 0.0978 e. The minimum absolute atomic E-state index is 0.0342. The van der Waals surface area contributed by atoms with Crippen molar-refractivity contribution in [2.45, 2.75) is 103 Å². The number of hydrogen-bond acceptors (Lipinski definition) is 3. The second-order valence-electron chi connectivity index (χ2n) is 8.41. The van der Waals surface area contributed by atoms with Gasteiger partial charge in [-0.15, -0.1) is 0 Å². The van der Waals surface area contributed by atoms with Crippen molar-refractivity contribution in [3.63, 3.8) is 0 Å². The fraction of sp³-hybridized carbons (Fsp3) is 0.900. The molecule has 136 valence electrons. The Balaban J connectivity index is 2.18. The molecule has 3 atom stereocenters. The number of hydrogen-bond donors (Lipinski definition) is 2. The Morgan fingerprint density at radius 3 is 2.43 bits per heavy atom. The highest BCUT2D eigenvalue weighted by Crippen LogP contribution is 2.38. The van der Waals surface area contributed by atoms with Crippen molar-refractivity contribution in [2.24, 2.45) is 5.92 Å². The van der Waals surface area contributed by atoms with Gasteiger partial charge >= 0.3 is 0 Å². The first-order chi connectivity index (χ1) is 10.7. The first kappa shape index (κ1) is 20.7. The Kier molecular flexibility index (Phi) is 8.26. The zero-order valence-electron chi connectivity index (χ0n) is 15.7. The molecule has 0 aromatic heterocycles. The van der Waals surface area contributed by atoms with Crippen LogP contribution in [0.2, 0.25) is 0 Å². The molecule has 0 amide bonds. The van der Waals surface area contributed by atoms with Crippen LogP contribution in [0, 0.1) is 5.92 Å². The number of aliphatic hydroxyl groups excluding tert-OH is 2. The topological polar surface area (TPSA) is 49.7 Å². The third kappa shape index (κ3) is 7.82. The zero-order chi connectivity index (χ0) is 17.5. The molecule has 1 rings (SSSR count). The highest BCUT2D eigenvalue weighted by molar-refractivity contribution is 5.01. The largest absolute Gasteiger partial charge is 0.393 e. The van der Waals surface area contributed by atoms with E-state index in [1.54, 1.807) is 0 Å². The summed E-state index contributed by atoms with van der Waals surface area (Å²) in [7, 11) is 0. The van der Waals surface area contributed by atoms with E-state index in [1.165, 1.54) is 32.1 Å². The molecule has 1 heterocycles. The predicted octanol–water partition coefficient (Wildman–Crippen LogP) is 4.61. The fourth-order valence-electron chi connectivity index (χ4n) is 3.78. The summed E-state index contributed by atoms with van der Waals surface area (Å²) in [5.41, 5.74) is 0.845. The van der Waals surface area contributed by atoms with Gasteiger partial charge in [0.25, 0.3) is 0 Å². The van der Waals surface area contributed by atoms with Crippen molar-refractivity contribution < 1.29 is 14.9 Å². The minimum Gasteiger partial charge on any atom is -0.393 e. The molecule has 0 saturated carbocycles. The molecule has 0 spiro atoms. The van der Waals surface area contributed by atoms with E-state index in [4.69, 9.17) is 9.84 Å². The first-order valence-electron chi connectivity index (χ1n) is 9.34. The van der Waals surface area contributed by atoms with E-state index in [2.05, 4.69) is 34.3 Å². The SMILES string of the molecule is C=C(CCC[C@@H](C)CCC[C@]1(C)CCCC(C)(C)O1)[C@H](O)CO. The lowest BCUT2D eigenvalue weighted by atomic mass is 9.84. The maximum atomic E-state index is 9.48. The summed E-state index contributed by atoms with van der Waals surface area (Å²) in [6, 6.07) is 0. The number of rotatable bonds is 10. The molecule has 0 aromatic rings. The molecule has 0 bridgehead atoms. The van der Waals surface area contributed by atoms with Crippen molar-refractivity contribution in [1.82, 2.24) is 0 Å². The maximum absolute atomic E-state index is 9.48. The van der Waals surface area contributed by atoms with Crippen LogP contribution in [0.3, 0.4) is 0 Å². The molecule has 0 aromatic carbocycles. The van der Waals surface area contributed by atoms with E-state index in [0.29, 0.717) is 5.92 Å². The predicted molar refractivity (Wildman–Crippen MR) is 96.5 cm³/mol. The van der Waals surface area contributed by atoms with E-state index in [0.717, 1.165) is 31.3 Å². The lowest BCUT2D eigenvalue weighted by Gasteiger charge is -2.43. The number of ether oxygens (including phenoxy) is 1. The van der Waals surface area contributed by atoms with Crippen LogP contribution in [-0.2, 0) is 4.74 Å². The second kappa shape index (κ2) is 9.19. The van der Waals surface area contributed by atoms with Gasteiger partial charge in [-0.3, -0.25) is 0 Å². The van der Waals surface area contributed by atoms with Gasteiger partial charge in [-0.05, 0) is 70.8 Å². The van der Waals surface area contributed by atoms with Gasteiger partial charge in [0.05, 0.1) is 23.9 Å². The minimum atomic E-state index is -0.753. The van der Waals surface area contributed by atoms with Gasteiger partial charge in [0.2, 0.25) is 0 Å². The van der Waals surface area contributed by atoms with Crippen LogP contribution in [0.25, 0.3) is 0 Å². The van der Waals surface area contributed by atoms with Crippen molar-refractivity contribution in [2.75, 3.05) is 6.61 Å². The Labute approximate surface area is 143 Å². The van der Waals surface area contributed by atoms with E-state index >= 15 is 0 Å². The Morgan fingerprint density at radius 1 is 1.17 bits per heavy atom. The summed E-state index contributed by atoms with van der Waals surface area (Å²) in [4.78, 5) is 0. The molecule has 3 heteroatoms. The van der Waals surface area contributed by atoms with Gasteiger partial charge in [-0.25, -0.2) is 0 Å². The van der Waals surface area contributed by atoms with E-state index in [-0.39, 0.29) is 17.8 Å². The average molecular weight is 327 g/mol. The van der Waals surface area contributed by atoms with Crippen LogP contribution >= 0.6 is 0 Å². The summed E-state index contributed by atoms with van der Waals surface area (Å²) < 4.78 is 6.33. The van der Waals surface area contributed by atoms with Crippen molar-refractivity contribution in [3.05, 3.63) is 12.2 Å². The summed E-state index contributed by atoms with van der Waals surface area (Å²) in [6.45, 7) is 12.6. The van der Waals surface area contributed by atoms with Gasteiger partial charge in [-0.1, -0.05) is 32.8 Å². The van der Waals surface area contributed by atoms with Crippen molar-refractivity contribution >= 4 is 0 Å². The molecule has 23 heavy (non-hydrogen) atoms. The fourth-order valence-corrected chi connectivity index (χ4v) is 3.78. The van der Waals surface area contributed by atoms with Gasteiger partial charge in [0, 0.05) is 0 Å². The highest BCUT2D eigenvalue weighted by atomic mass is 16.5. The molecule has 1 fully saturated rings. The first-order valence-corrected chi connectivity index (χ1v) is 9.34. The third-order valence-electron chi connectivity index (χ3n) is 5.25. The summed E-state index contributed by atoms with van der Waals surface area (Å²) in [5, 5.41) is 18.4. The number of aliphatic hydroxyl groups is 2. The Hall–Kier alpha value is -0.380. The zero-order valence-corrected chi connectivity index (χ0v) is 15.7. The third-order valence-corrected chi connectivity index (χ3v) is 5.25. The Bertz CT molecular complexity index is 364. The normalized spacial score (nSPS) is 26.7. The van der Waals surface area contributed by atoms with E-state index in [1.807, 2.05) is 0 Å². The van der Waals surface area contributed by atoms with Crippen LogP contribution in [0.15, 0.2) is 12.2 Å². The van der Waals surface area contributed by atoms with Crippen LogP contribution in [0.1, 0.15) is 85.5 Å². The van der Waals surface area contributed by atoms with Crippen LogP contribution in [0.5, 0.6) is 0 Å². The second-order valence-corrected chi connectivity index (χ2v) is 8.41. The lowest BCUT2D eigenvalue weighted by molar-refractivity contribution is -0.168. The van der Waals surface area contributed by atoms with Gasteiger partial charge in [0.1, 0.15) is 0 Å². The molecule has 2 N–H and O–H groups in total. The van der Waals surface area contributed by atoms with Crippen LogP contribution in [0.4, 0.5) is 0 Å². The average Bonchev–Trinajstić information content (AvgIpc) is 2.44. The standard InChI is InChI=1S/C20H38O3/c1-16(9-6-11-17(2)18(22)15-21)10-7-13-20(5)14-8-12-19(3,4)23-20/h16,18,21-22H,2,6-15H2,1,3-5H3/t16-,18-,20-/m1/s1. The van der Waals surface area contributed by atoms with Crippen molar-refractivity contribution in [1.29, 1.82) is 0 Å². The summed E-state index contributed by atoms with van der Waals surface area (Å²) in [5.74, 6) is 0.689. The van der Waals surface area contributed by atoms with E-state index < -0.39 is 6.10 Å².